The number of rotatable bonds is 8. The molecule has 0 unspecified atom stereocenters. The number of hydrogen-bond acceptors (Lipinski definition) is 4. The van der Waals surface area contributed by atoms with Gasteiger partial charge in [-0.3, -0.25) is 9.36 Å². The van der Waals surface area contributed by atoms with E-state index in [9.17, 15) is 9.59 Å². The van der Waals surface area contributed by atoms with Gasteiger partial charge in [0.1, 0.15) is 0 Å². The first kappa shape index (κ1) is 17.1. The predicted octanol–water partition coefficient (Wildman–Crippen LogP) is 2.29. The first-order chi connectivity index (χ1) is 11.2. The number of hydrogen-bond donors (Lipinski definition) is 1. The smallest absolute Gasteiger partial charge is 0.308 e. The summed E-state index contributed by atoms with van der Waals surface area (Å²) in [5.74, 6) is 0.149. The van der Waals surface area contributed by atoms with E-state index >= 15 is 0 Å². The van der Waals surface area contributed by atoms with Crippen LogP contribution in [0.3, 0.4) is 0 Å². The van der Waals surface area contributed by atoms with E-state index in [1.165, 1.54) is 11.8 Å². The standard InChI is InChI=1S/C16H20N4O2S/c1-3-10-19(13-8-6-5-7-9-13)14(21)12-23-16-18-17-15(22)20(16)11-4-2/h3,5-9H,1,4,10-12H2,2H3,(H,17,22). The van der Waals surface area contributed by atoms with Gasteiger partial charge in [0.05, 0.1) is 5.75 Å². The van der Waals surface area contributed by atoms with Crippen molar-refractivity contribution >= 4 is 23.4 Å². The molecule has 6 nitrogen and oxygen atoms in total. The number of anilines is 1. The summed E-state index contributed by atoms with van der Waals surface area (Å²) in [6.45, 7) is 6.71. The number of aromatic nitrogens is 3. The Morgan fingerprint density at radius 1 is 1.43 bits per heavy atom. The van der Waals surface area contributed by atoms with Crippen molar-refractivity contribution in [1.82, 2.24) is 14.8 Å². The van der Waals surface area contributed by atoms with E-state index in [0.29, 0.717) is 18.2 Å². The van der Waals surface area contributed by atoms with Crippen LogP contribution in [0.2, 0.25) is 0 Å². The van der Waals surface area contributed by atoms with Crippen molar-refractivity contribution in [3.05, 3.63) is 53.5 Å². The number of aromatic amines is 1. The maximum atomic E-state index is 12.5. The summed E-state index contributed by atoms with van der Waals surface area (Å²) in [6.07, 6.45) is 2.52. The summed E-state index contributed by atoms with van der Waals surface area (Å²) < 4.78 is 1.55. The third-order valence-corrected chi connectivity index (χ3v) is 4.14. The zero-order chi connectivity index (χ0) is 16.7. The van der Waals surface area contributed by atoms with Crippen LogP contribution >= 0.6 is 11.8 Å². The highest BCUT2D eigenvalue weighted by Gasteiger charge is 2.16. The zero-order valence-corrected chi connectivity index (χ0v) is 13.9. The summed E-state index contributed by atoms with van der Waals surface area (Å²) >= 11 is 1.26. The lowest BCUT2D eigenvalue weighted by molar-refractivity contribution is -0.116. The Morgan fingerprint density at radius 3 is 2.83 bits per heavy atom. The molecule has 1 N–H and O–H groups in total. The van der Waals surface area contributed by atoms with Gasteiger partial charge in [-0.1, -0.05) is 43.0 Å². The molecule has 0 atom stereocenters. The molecule has 2 rings (SSSR count). The molecular formula is C16H20N4O2S. The highest BCUT2D eigenvalue weighted by Crippen LogP contribution is 2.18. The summed E-state index contributed by atoms with van der Waals surface area (Å²) in [7, 11) is 0. The third-order valence-electron chi connectivity index (χ3n) is 3.18. The molecule has 0 saturated carbocycles. The van der Waals surface area contributed by atoms with Gasteiger partial charge < -0.3 is 4.90 Å². The van der Waals surface area contributed by atoms with Crippen molar-refractivity contribution in [2.75, 3.05) is 17.2 Å². The minimum Gasteiger partial charge on any atom is -0.308 e. The van der Waals surface area contributed by atoms with E-state index in [1.54, 1.807) is 15.5 Å². The van der Waals surface area contributed by atoms with Crippen LogP contribution in [0.1, 0.15) is 13.3 Å². The van der Waals surface area contributed by atoms with Crippen molar-refractivity contribution in [2.24, 2.45) is 0 Å². The van der Waals surface area contributed by atoms with Crippen LogP contribution < -0.4 is 10.6 Å². The molecular weight excluding hydrogens is 312 g/mol. The van der Waals surface area contributed by atoms with Crippen LogP contribution in [-0.2, 0) is 11.3 Å². The van der Waals surface area contributed by atoms with Crippen molar-refractivity contribution in [2.45, 2.75) is 25.0 Å². The molecule has 0 aliphatic carbocycles. The van der Waals surface area contributed by atoms with Gasteiger partial charge in [0.2, 0.25) is 5.91 Å². The van der Waals surface area contributed by atoms with Gasteiger partial charge in [0, 0.05) is 18.8 Å². The number of carbonyl (C=O) groups is 1. The molecule has 0 aliphatic heterocycles. The molecule has 1 heterocycles. The van der Waals surface area contributed by atoms with Crippen LogP contribution in [-0.4, -0.2) is 33.0 Å². The average Bonchev–Trinajstić information content (AvgIpc) is 2.92. The summed E-state index contributed by atoms with van der Waals surface area (Å²) in [5.41, 5.74) is 0.582. The lowest BCUT2D eigenvalue weighted by Crippen LogP contribution is -2.32. The number of benzene rings is 1. The predicted molar refractivity (Wildman–Crippen MR) is 92.9 cm³/mol. The molecule has 0 saturated heterocycles. The fourth-order valence-corrected chi connectivity index (χ4v) is 2.98. The molecule has 0 spiro atoms. The number of nitrogens with zero attached hydrogens (tertiary/aromatic N) is 3. The van der Waals surface area contributed by atoms with Gasteiger partial charge in [-0.15, -0.1) is 11.7 Å². The largest absolute Gasteiger partial charge is 0.343 e. The second-order valence-corrected chi connectivity index (χ2v) is 5.82. The third kappa shape index (κ3) is 4.35. The Kier molecular flexibility index (Phi) is 6.22. The first-order valence-corrected chi connectivity index (χ1v) is 8.40. The minimum absolute atomic E-state index is 0.0559. The average molecular weight is 332 g/mol. The summed E-state index contributed by atoms with van der Waals surface area (Å²) in [5, 5.41) is 6.95. The Balaban J connectivity index is 2.08. The highest BCUT2D eigenvalue weighted by molar-refractivity contribution is 7.99. The van der Waals surface area contributed by atoms with Gasteiger partial charge in [-0.05, 0) is 18.6 Å². The van der Waals surface area contributed by atoms with Gasteiger partial charge in [0.25, 0.3) is 0 Å². The summed E-state index contributed by atoms with van der Waals surface area (Å²) in [6, 6.07) is 9.44. The fourth-order valence-electron chi connectivity index (χ4n) is 2.13. The highest BCUT2D eigenvalue weighted by atomic mass is 32.2. The van der Waals surface area contributed by atoms with E-state index in [1.807, 2.05) is 37.3 Å². The van der Waals surface area contributed by atoms with Crippen molar-refractivity contribution in [1.29, 1.82) is 0 Å². The molecule has 1 aromatic heterocycles. The number of amides is 1. The van der Waals surface area contributed by atoms with E-state index in [-0.39, 0.29) is 17.3 Å². The van der Waals surface area contributed by atoms with Crippen LogP contribution in [0.5, 0.6) is 0 Å². The number of thioether (sulfide) groups is 1. The normalized spacial score (nSPS) is 10.5. The Hall–Kier alpha value is -2.28. The number of carbonyl (C=O) groups excluding carboxylic acids is 1. The quantitative estimate of drug-likeness (QED) is 0.595. The number of H-pyrrole nitrogens is 1. The summed E-state index contributed by atoms with van der Waals surface area (Å²) in [4.78, 5) is 25.8. The molecule has 23 heavy (non-hydrogen) atoms. The second kappa shape index (κ2) is 8.38. The lowest BCUT2D eigenvalue weighted by atomic mass is 10.3. The molecule has 122 valence electrons. The van der Waals surface area contributed by atoms with Crippen LogP contribution in [0.15, 0.2) is 52.9 Å². The molecule has 2 aromatic rings. The Labute approximate surface area is 139 Å². The van der Waals surface area contributed by atoms with Crippen molar-refractivity contribution in [3.8, 4) is 0 Å². The van der Waals surface area contributed by atoms with Crippen molar-refractivity contribution < 1.29 is 4.79 Å². The Morgan fingerprint density at radius 2 is 2.17 bits per heavy atom. The first-order valence-electron chi connectivity index (χ1n) is 7.41. The number of para-hydroxylation sites is 1. The van der Waals surface area contributed by atoms with Crippen molar-refractivity contribution in [3.63, 3.8) is 0 Å². The SMILES string of the molecule is C=CCN(C(=O)CSc1n[nH]c(=O)n1CCC)c1ccccc1. The van der Waals surface area contributed by atoms with E-state index < -0.39 is 0 Å². The molecule has 1 amide bonds. The molecule has 7 heteroatoms. The minimum atomic E-state index is -0.243. The maximum Gasteiger partial charge on any atom is 0.343 e. The molecule has 0 radical (unpaired) electrons. The van der Waals surface area contributed by atoms with E-state index in [0.717, 1.165) is 12.1 Å². The van der Waals surface area contributed by atoms with Crippen LogP contribution in [0.4, 0.5) is 5.69 Å². The van der Waals surface area contributed by atoms with Gasteiger partial charge >= 0.3 is 5.69 Å². The molecule has 0 fully saturated rings. The van der Waals surface area contributed by atoms with Crippen LogP contribution in [0, 0.1) is 0 Å². The second-order valence-electron chi connectivity index (χ2n) is 4.88. The molecule has 1 aromatic carbocycles. The van der Waals surface area contributed by atoms with Gasteiger partial charge in [0.15, 0.2) is 5.16 Å². The van der Waals surface area contributed by atoms with Gasteiger partial charge in [-0.25, -0.2) is 9.89 Å². The van der Waals surface area contributed by atoms with E-state index in [4.69, 9.17) is 0 Å². The Bertz CT molecular complexity index is 708. The molecule has 0 bridgehead atoms. The monoisotopic (exact) mass is 332 g/mol. The fraction of sp³-hybridized carbons (Fsp3) is 0.312. The van der Waals surface area contributed by atoms with Crippen LogP contribution in [0.25, 0.3) is 0 Å². The lowest BCUT2D eigenvalue weighted by Gasteiger charge is -2.21. The number of nitrogens with one attached hydrogen (secondary N) is 1. The van der Waals surface area contributed by atoms with Gasteiger partial charge in [-0.2, -0.15) is 0 Å². The van der Waals surface area contributed by atoms with E-state index in [2.05, 4.69) is 16.8 Å². The zero-order valence-electron chi connectivity index (χ0n) is 13.1. The maximum absolute atomic E-state index is 12.5. The molecule has 0 aliphatic rings. The topological polar surface area (TPSA) is 71.0 Å².